The highest BCUT2D eigenvalue weighted by molar-refractivity contribution is 5.97. The van der Waals surface area contributed by atoms with Crippen LogP contribution in [0.15, 0.2) is 18.2 Å². The molecule has 0 saturated heterocycles. The Morgan fingerprint density at radius 1 is 1.22 bits per heavy atom. The number of hydrogen-bond acceptors (Lipinski definition) is 1. The molecule has 0 aliphatic heterocycles. The maximum Gasteiger partial charge on any atom is 0.163 e. The van der Waals surface area contributed by atoms with E-state index in [-0.39, 0.29) is 5.78 Å². The summed E-state index contributed by atoms with van der Waals surface area (Å²) in [7, 11) is 0. The Morgan fingerprint density at radius 2 is 1.83 bits per heavy atom. The number of carbonyl (C=O) groups is 1. The standard InChI is InChI=1S/C17H26O/c1-12-7-8-14(3)15(9-12)16(18)10-13(2)11-17(4,5)6/h7-9,13H,10-11H2,1-6H3. The van der Waals surface area contributed by atoms with Crippen LogP contribution in [0, 0.1) is 25.2 Å². The van der Waals surface area contributed by atoms with Crippen LogP contribution in [0.4, 0.5) is 0 Å². The van der Waals surface area contributed by atoms with Crippen molar-refractivity contribution in [3.05, 3.63) is 34.9 Å². The van der Waals surface area contributed by atoms with Gasteiger partial charge in [-0.2, -0.15) is 0 Å². The molecule has 0 fully saturated rings. The lowest BCUT2D eigenvalue weighted by atomic mass is 9.82. The van der Waals surface area contributed by atoms with E-state index in [1.807, 2.05) is 26.0 Å². The van der Waals surface area contributed by atoms with Gasteiger partial charge >= 0.3 is 0 Å². The molecular weight excluding hydrogens is 220 g/mol. The molecule has 1 rings (SSSR count). The van der Waals surface area contributed by atoms with Gasteiger partial charge in [0.2, 0.25) is 0 Å². The second-order valence-electron chi connectivity index (χ2n) is 6.82. The molecule has 0 heterocycles. The maximum absolute atomic E-state index is 12.3. The highest BCUT2D eigenvalue weighted by Crippen LogP contribution is 2.27. The quantitative estimate of drug-likeness (QED) is 0.687. The third-order valence-electron chi connectivity index (χ3n) is 3.19. The molecule has 0 aliphatic carbocycles. The van der Waals surface area contributed by atoms with Crippen LogP contribution in [-0.2, 0) is 0 Å². The lowest BCUT2D eigenvalue weighted by Crippen LogP contribution is -2.15. The van der Waals surface area contributed by atoms with E-state index < -0.39 is 0 Å². The number of hydrogen-bond donors (Lipinski definition) is 0. The first-order chi connectivity index (χ1) is 8.19. The first-order valence-electron chi connectivity index (χ1n) is 6.79. The van der Waals surface area contributed by atoms with E-state index in [1.54, 1.807) is 0 Å². The summed E-state index contributed by atoms with van der Waals surface area (Å²) >= 11 is 0. The molecule has 1 aromatic rings. The van der Waals surface area contributed by atoms with Crippen LogP contribution in [0.25, 0.3) is 0 Å². The molecule has 18 heavy (non-hydrogen) atoms. The smallest absolute Gasteiger partial charge is 0.163 e. The fraction of sp³-hybridized carbons (Fsp3) is 0.588. The second-order valence-corrected chi connectivity index (χ2v) is 6.82. The summed E-state index contributed by atoms with van der Waals surface area (Å²) in [6.45, 7) is 12.9. The Labute approximate surface area is 112 Å². The summed E-state index contributed by atoms with van der Waals surface area (Å²) in [6.07, 6.45) is 1.74. The highest BCUT2D eigenvalue weighted by atomic mass is 16.1. The number of benzene rings is 1. The van der Waals surface area contributed by atoms with Gasteiger partial charge in [-0.1, -0.05) is 45.4 Å². The van der Waals surface area contributed by atoms with Gasteiger partial charge in [0.15, 0.2) is 5.78 Å². The van der Waals surface area contributed by atoms with Crippen molar-refractivity contribution in [3.63, 3.8) is 0 Å². The summed E-state index contributed by atoms with van der Waals surface area (Å²) in [5.41, 5.74) is 3.44. The van der Waals surface area contributed by atoms with Crippen LogP contribution in [0.5, 0.6) is 0 Å². The molecule has 0 aliphatic rings. The molecular formula is C17H26O. The van der Waals surface area contributed by atoms with Crippen molar-refractivity contribution in [2.75, 3.05) is 0 Å². The summed E-state index contributed by atoms with van der Waals surface area (Å²) in [5.74, 6) is 0.727. The maximum atomic E-state index is 12.3. The zero-order valence-electron chi connectivity index (χ0n) is 12.6. The number of aryl methyl sites for hydroxylation is 2. The van der Waals surface area contributed by atoms with Crippen LogP contribution >= 0.6 is 0 Å². The minimum absolute atomic E-state index is 0.285. The van der Waals surface area contributed by atoms with Crippen molar-refractivity contribution in [2.45, 2.75) is 54.4 Å². The molecule has 0 bridgehead atoms. The lowest BCUT2D eigenvalue weighted by molar-refractivity contribution is 0.0953. The predicted octanol–water partition coefficient (Wildman–Crippen LogP) is 4.95. The molecule has 0 aromatic heterocycles. The average Bonchev–Trinajstić information content (AvgIpc) is 2.18. The Morgan fingerprint density at radius 3 is 2.39 bits per heavy atom. The van der Waals surface area contributed by atoms with Crippen LogP contribution in [0.1, 0.15) is 62.0 Å². The minimum atomic E-state index is 0.285. The molecule has 1 nitrogen and oxygen atoms in total. The monoisotopic (exact) mass is 246 g/mol. The minimum Gasteiger partial charge on any atom is -0.294 e. The van der Waals surface area contributed by atoms with E-state index in [9.17, 15) is 4.79 Å². The number of carbonyl (C=O) groups excluding carboxylic acids is 1. The topological polar surface area (TPSA) is 17.1 Å². The molecule has 1 heteroatoms. The Bertz CT molecular complexity index is 424. The molecule has 0 N–H and O–H groups in total. The van der Waals surface area contributed by atoms with E-state index in [0.717, 1.165) is 23.1 Å². The summed E-state index contributed by atoms with van der Waals surface area (Å²) in [6, 6.07) is 6.11. The molecule has 0 amide bonds. The van der Waals surface area contributed by atoms with Crippen molar-refractivity contribution < 1.29 is 4.79 Å². The number of rotatable bonds is 4. The van der Waals surface area contributed by atoms with Crippen molar-refractivity contribution >= 4 is 5.78 Å². The predicted molar refractivity (Wildman–Crippen MR) is 78.1 cm³/mol. The van der Waals surface area contributed by atoms with Crippen molar-refractivity contribution in [1.82, 2.24) is 0 Å². The SMILES string of the molecule is Cc1ccc(C)c(C(=O)CC(C)CC(C)(C)C)c1. The molecule has 100 valence electrons. The molecule has 0 saturated carbocycles. The Hall–Kier alpha value is -1.11. The summed E-state index contributed by atoms with van der Waals surface area (Å²) in [5, 5.41) is 0. The van der Waals surface area contributed by atoms with Crippen LogP contribution in [0.2, 0.25) is 0 Å². The van der Waals surface area contributed by atoms with E-state index in [4.69, 9.17) is 0 Å². The second kappa shape index (κ2) is 5.69. The Balaban J connectivity index is 2.74. The largest absolute Gasteiger partial charge is 0.294 e. The van der Waals surface area contributed by atoms with Crippen LogP contribution < -0.4 is 0 Å². The van der Waals surface area contributed by atoms with Gasteiger partial charge in [-0.15, -0.1) is 0 Å². The van der Waals surface area contributed by atoms with Gasteiger partial charge in [-0.25, -0.2) is 0 Å². The van der Waals surface area contributed by atoms with Gasteiger partial charge in [0.05, 0.1) is 0 Å². The van der Waals surface area contributed by atoms with E-state index in [2.05, 4.69) is 33.8 Å². The van der Waals surface area contributed by atoms with Gasteiger partial charge in [-0.3, -0.25) is 4.79 Å². The van der Waals surface area contributed by atoms with Crippen LogP contribution in [0.3, 0.4) is 0 Å². The first-order valence-corrected chi connectivity index (χ1v) is 6.79. The first kappa shape index (κ1) is 14.9. The molecule has 1 unspecified atom stereocenters. The number of ketones is 1. The van der Waals surface area contributed by atoms with Gasteiger partial charge in [-0.05, 0) is 43.2 Å². The Kier molecular flexibility index (Phi) is 4.72. The van der Waals surface area contributed by atoms with Gasteiger partial charge in [0.1, 0.15) is 0 Å². The van der Waals surface area contributed by atoms with Gasteiger partial charge in [0, 0.05) is 12.0 Å². The normalized spacial score (nSPS) is 13.4. The molecule has 0 spiro atoms. The van der Waals surface area contributed by atoms with Gasteiger partial charge < -0.3 is 0 Å². The van der Waals surface area contributed by atoms with E-state index in [0.29, 0.717) is 17.8 Å². The van der Waals surface area contributed by atoms with Crippen molar-refractivity contribution in [3.8, 4) is 0 Å². The van der Waals surface area contributed by atoms with Crippen molar-refractivity contribution in [2.24, 2.45) is 11.3 Å². The third kappa shape index (κ3) is 4.64. The van der Waals surface area contributed by atoms with E-state index >= 15 is 0 Å². The van der Waals surface area contributed by atoms with Crippen molar-refractivity contribution in [1.29, 1.82) is 0 Å². The fourth-order valence-corrected chi connectivity index (χ4v) is 2.58. The fourth-order valence-electron chi connectivity index (χ4n) is 2.58. The number of Topliss-reactive ketones (excluding diaryl/α,β-unsaturated/α-hetero) is 1. The molecule has 0 radical (unpaired) electrons. The highest BCUT2D eigenvalue weighted by Gasteiger charge is 2.19. The third-order valence-corrected chi connectivity index (χ3v) is 3.19. The summed E-state index contributed by atoms with van der Waals surface area (Å²) < 4.78 is 0. The molecule has 1 aromatic carbocycles. The zero-order chi connectivity index (χ0) is 13.9. The lowest BCUT2D eigenvalue weighted by Gasteiger charge is -2.23. The zero-order valence-corrected chi connectivity index (χ0v) is 12.6. The summed E-state index contributed by atoms with van der Waals surface area (Å²) in [4.78, 5) is 12.3. The average molecular weight is 246 g/mol. The molecule has 1 atom stereocenters. The van der Waals surface area contributed by atoms with Crippen LogP contribution in [-0.4, -0.2) is 5.78 Å². The van der Waals surface area contributed by atoms with Gasteiger partial charge in [0.25, 0.3) is 0 Å². The van der Waals surface area contributed by atoms with E-state index in [1.165, 1.54) is 0 Å².